The van der Waals surface area contributed by atoms with Crippen LogP contribution in [0.4, 0.5) is 5.69 Å². The molecule has 19 heavy (non-hydrogen) atoms. The zero-order valence-corrected chi connectivity index (χ0v) is 13.4. The lowest BCUT2D eigenvalue weighted by atomic mass is 10.2. The highest BCUT2D eigenvalue weighted by molar-refractivity contribution is 9.10. The van der Waals surface area contributed by atoms with Crippen LogP contribution in [0.5, 0.6) is 0 Å². The van der Waals surface area contributed by atoms with E-state index in [1.807, 2.05) is 0 Å². The molecule has 106 valence electrons. The lowest BCUT2D eigenvalue weighted by molar-refractivity contribution is -0.385. The Balaban J connectivity index is 3.38. The number of halogens is 2. The Hall–Kier alpha value is -0.730. The van der Waals surface area contributed by atoms with E-state index in [9.17, 15) is 18.5 Å². The van der Waals surface area contributed by atoms with E-state index in [-0.39, 0.29) is 33.1 Å². The Morgan fingerprint density at radius 3 is 2.63 bits per heavy atom. The summed E-state index contributed by atoms with van der Waals surface area (Å²) in [4.78, 5) is 13.9. The smallest absolute Gasteiger partial charge is 0.258 e. The first-order valence-corrected chi connectivity index (χ1v) is 8.20. The predicted octanol–water partition coefficient (Wildman–Crippen LogP) is 2.85. The second-order valence-electron chi connectivity index (χ2n) is 3.98. The molecule has 0 saturated heterocycles. The van der Waals surface area contributed by atoms with Crippen LogP contribution in [0.2, 0.25) is 0 Å². The lowest BCUT2D eigenvalue weighted by Crippen LogP contribution is -2.20. The quantitative estimate of drug-likeness (QED) is 0.451. The Morgan fingerprint density at radius 1 is 1.58 bits per heavy atom. The molecule has 9 heteroatoms. The van der Waals surface area contributed by atoms with Crippen LogP contribution < -0.4 is 0 Å². The highest BCUT2D eigenvalue weighted by atomic mass is 79.9. The summed E-state index contributed by atoms with van der Waals surface area (Å²) in [6.07, 6.45) is 1.24. The normalized spacial score (nSPS) is 13.3. The van der Waals surface area contributed by atoms with Crippen molar-refractivity contribution in [2.75, 3.05) is 5.88 Å². The van der Waals surface area contributed by atoms with Crippen molar-refractivity contribution in [3.63, 3.8) is 0 Å². The van der Waals surface area contributed by atoms with Gasteiger partial charge in [0.25, 0.3) is 5.69 Å². The van der Waals surface area contributed by atoms with Gasteiger partial charge in [0.1, 0.15) is 6.20 Å². The Kier molecular flexibility index (Phi) is 5.28. The van der Waals surface area contributed by atoms with E-state index in [2.05, 4.69) is 20.9 Å². The van der Waals surface area contributed by atoms with E-state index in [1.165, 1.54) is 13.8 Å². The number of hydrogen-bond donors (Lipinski definition) is 0. The maximum absolute atomic E-state index is 12.3. The molecule has 0 bridgehead atoms. The summed E-state index contributed by atoms with van der Waals surface area (Å²) in [5.41, 5.74) is 0.00692. The van der Waals surface area contributed by atoms with Gasteiger partial charge >= 0.3 is 0 Å². The van der Waals surface area contributed by atoms with E-state index in [1.54, 1.807) is 0 Å². The fourth-order valence-electron chi connectivity index (χ4n) is 1.43. The van der Waals surface area contributed by atoms with Crippen molar-refractivity contribution >= 4 is 43.1 Å². The third-order valence-corrected chi connectivity index (χ3v) is 6.31. The van der Waals surface area contributed by atoms with Crippen molar-refractivity contribution in [3.8, 4) is 0 Å². The molecule has 0 radical (unpaired) electrons. The van der Waals surface area contributed by atoms with Gasteiger partial charge in [0.15, 0.2) is 14.9 Å². The van der Waals surface area contributed by atoms with Gasteiger partial charge in [0.2, 0.25) is 0 Å². The number of nitrogens with zero attached hydrogens (tertiary/aromatic N) is 2. The van der Waals surface area contributed by atoms with Crippen LogP contribution in [0.25, 0.3) is 0 Å². The van der Waals surface area contributed by atoms with Crippen molar-refractivity contribution in [1.82, 2.24) is 4.98 Å². The van der Waals surface area contributed by atoms with E-state index in [4.69, 9.17) is 11.6 Å². The molecular formula is C10H12BrClN2O4S. The van der Waals surface area contributed by atoms with Gasteiger partial charge in [0.05, 0.1) is 14.6 Å². The number of sulfone groups is 1. The van der Waals surface area contributed by atoms with Crippen LogP contribution in [0.3, 0.4) is 0 Å². The zero-order chi connectivity index (χ0) is 14.8. The fraction of sp³-hybridized carbons (Fsp3) is 0.500. The molecular weight excluding hydrogens is 360 g/mol. The maximum Gasteiger partial charge on any atom is 0.291 e. The van der Waals surface area contributed by atoms with Crippen LogP contribution in [0.15, 0.2) is 15.7 Å². The minimum atomic E-state index is -3.66. The molecule has 0 amide bonds. The van der Waals surface area contributed by atoms with Crippen molar-refractivity contribution < 1.29 is 13.3 Å². The van der Waals surface area contributed by atoms with Gasteiger partial charge in [-0.25, -0.2) is 13.4 Å². The van der Waals surface area contributed by atoms with E-state index >= 15 is 0 Å². The Labute approximate surface area is 124 Å². The standard InChI is InChI=1S/C10H12BrClN2O4S/c1-6(3-4-12)19(17,18)10-9(11)7(2)8(5-13-10)14(15)16/h5-6H,3-4H2,1-2H3. The predicted molar refractivity (Wildman–Crippen MR) is 75.3 cm³/mol. The molecule has 0 aliphatic carbocycles. The number of alkyl halides is 1. The highest BCUT2D eigenvalue weighted by Crippen LogP contribution is 2.32. The second-order valence-corrected chi connectivity index (χ2v) is 7.43. The van der Waals surface area contributed by atoms with Crippen LogP contribution in [0, 0.1) is 17.0 Å². The van der Waals surface area contributed by atoms with Gasteiger partial charge in [-0.1, -0.05) is 0 Å². The number of hydrogen-bond acceptors (Lipinski definition) is 5. The van der Waals surface area contributed by atoms with Crippen molar-refractivity contribution in [2.45, 2.75) is 30.5 Å². The van der Waals surface area contributed by atoms with Crippen LogP contribution in [-0.2, 0) is 9.84 Å². The Morgan fingerprint density at radius 2 is 2.16 bits per heavy atom. The monoisotopic (exact) mass is 370 g/mol. The van der Waals surface area contributed by atoms with Crippen LogP contribution >= 0.6 is 27.5 Å². The number of pyridine rings is 1. The summed E-state index contributed by atoms with van der Waals surface area (Å²) in [6.45, 7) is 3.00. The van der Waals surface area contributed by atoms with Crippen LogP contribution in [-0.4, -0.2) is 29.5 Å². The third kappa shape index (κ3) is 3.24. The molecule has 0 N–H and O–H groups in total. The summed E-state index contributed by atoms with van der Waals surface area (Å²) in [5, 5.41) is 9.86. The molecule has 0 aromatic carbocycles. The van der Waals surface area contributed by atoms with E-state index in [0.29, 0.717) is 0 Å². The summed E-state index contributed by atoms with van der Waals surface area (Å²) in [7, 11) is -3.66. The van der Waals surface area contributed by atoms with Crippen molar-refractivity contribution in [1.29, 1.82) is 0 Å². The molecule has 6 nitrogen and oxygen atoms in total. The van der Waals surface area contributed by atoms with Crippen molar-refractivity contribution in [3.05, 3.63) is 26.3 Å². The molecule has 1 heterocycles. The number of aromatic nitrogens is 1. The average molecular weight is 372 g/mol. The molecule has 0 aliphatic rings. The first-order valence-electron chi connectivity index (χ1n) is 5.32. The Bertz CT molecular complexity index is 606. The van der Waals surface area contributed by atoms with Gasteiger partial charge in [-0.3, -0.25) is 10.1 Å². The summed E-state index contributed by atoms with van der Waals surface area (Å²) in [6, 6.07) is 0. The van der Waals surface area contributed by atoms with Gasteiger partial charge in [-0.15, -0.1) is 11.6 Å². The van der Waals surface area contributed by atoms with Crippen LogP contribution in [0.1, 0.15) is 18.9 Å². The van der Waals surface area contributed by atoms with E-state index in [0.717, 1.165) is 6.20 Å². The SMILES string of the molecule is Cc1c([N+](=O)[O-])cnc(S(=O)(=O)C(C)CCCl)c1Br. The molecule has 0 aliphatic heterocycles. The molecule has 0 saturated carbocycles. The highest BCUT2D eigenvalue weighted by Gasteiger charge is 2.29. The average Bonchev–Trinajstić information content (AvgIpc) is 2.32. The summed E-state index contributed by atoms with van der Waals surface area (Å²) < 4.78 is 24.6. The van der Waals surface area contributed by atoms with Gasteiger partial charge in [-0.05, 0) is 36.2 Å². The first-order chi connectivity index (χ1) is 8.73. The molecule has 0 spiro atoms. The van der Waals surface area contributed by atoms with Gasteiger partial charge in [0, 0.05) is 11.4 Å². The van der Waals surface area contributed by atoms with Gasteiger partial charge in [-0.2, -0.15) is 0 Å². The minimum Gasteiger partial charge on any atom is -0.258 e. The summed E-state index contributed by atoms with van der Waals surface area (Å²) >= 11 is 8.62. The molecule has 1 atom stereocenters. The largest absolute Gasteiger partial charge is 0.291 e. The van der Waals surface area contributed by atoms with Gasteiger partial charge < -0.3 is 0 Å². The minimum absolute atomic E-state index is 0.128. The fourth-order valence-corrected chi connectivity index (χ4v) is 4.28. The first kappa shape index (κ1) is 16.3. The molecule has 1 aromatic heterocycles. The molecule has 0 fully saturated rings. The molecule has 1 rings (SSSR count). The third-order valence-electron chi connectivity index (χ3n) is 2.72. The van der Waals surface area contributed by atoms with Crippen molar-refractivity contribution in [2.24, 2.45) is 0 Å². The maximum atomic E-state index is 12.3. The summed E-state index contributed by atoms with van der Waals surface area (Å²) in [5.74, 6) is 0.212. The second kappa shape index (κ2) is 6.15. The lowest BCUT2D eigenvalue weighted by Gasteiger charge is -2.13. The zero-order valence-electron chi connectivity index (χ0n) is 10.3. The molecule has 1 aromatic rings. The number of nitro groups is 1. The van der Waals surface area contributed by atoms with E-state index < -0.39 is 20.0 Å². The number of rotatable bonds is 5. The molecule has 1 unspecified atom stereocenters. The topological polar surface area (TPSA) is 90.2 Å².